The number of aryl methyl sites for hydroxylation is 1. The molecule has 1 unspecified atom stereocenters. The molecule has 10 nitrogen and oxygen atoms in total. The van der Waals surface area contributed by atoms with E-state index in [0.29, 0.717) is 11.3 Å². The molecule has 11 heteroatoms. The molecule has 41 heavy (non-hydrogen) atoms. The summed E-state index contributed by atoms with van der Waals surface area (Å²) >= 11 is 0. The number of hydrogen-bond donors (Lipinski definition) is 4. The van der Waals surface area contributed by atoms with Crippen molar-refractivity contribution in [3.63, 3.8) is 0 Å². The molecule has 1 saturated heterocycles. The highest BCUT2D eigenvalue weighted by atomic mass is 31.2. The number of methoxy groups -OCH3 is 1. The molecular weight excluding hydrogens is 543 g/mol. The van der Waals surface area contributed by atoms with Crippen LogP contribution < -0.4 is 26.8 Å². The van der Waals surface area contributed by atoms with Crippen LogP contribution in [0.25, 0.3) is 0 Å². The van der Waals surface area contributed by atoms with Gasteiger partial charge in [0.25, 0.3) is 5.56 Å². The second-order valence-electron chi connectivity index (χ2n) is 9.88. The Balaban J connectivity index is 1.56. The average Bonchev–Trinajstić information content (AvgIpc) is 3.38. The van der Waals surface area contributed by atoms with Crippen molar-refractivity contribution in [1.29, 1.82) is 0 Å². The third kappa shape index (κ3) is 6.04. The summed E-state index contributed by atoms with van der Waals surface area (Å²) in [5, 5.41) is 3.76. The highest BCUT2D eigenvalue weighted by Gasteiger charge is 2.42. The second kappa shape index (κ2) is 12.5. The molecule has 0 bridgehead atoms. The first kappa shape index (κ1) is 28.9. The number of aromatic amines is 1. The molecule has 0 radical (unpaired) electrons. The lowest BCUT2D eigenvalue weighted by atomic mass is 9.76. The summed E-state index contributed by atoms with van der Waals surface area (Å²) in [5.41, 5.74) is 7.09. The zero-order valence-electron chi connectivity index (χ0n) is 22.8. The number of benzene rings is 3. The van der Waals surface area contributed by atoms with Gasteiger partial charge in [0.2, 0.25) is 8.53 Å². The van der Waals surface area contributed by atoms with Crippen molar-refractivity contribution in [2.45, 2.75) is 37.3 Å². The Morgan fingerprint density at radius 3 is 2.29 bits per heavy atom. The number of ether oxygens (including phenoxy) is 2. The molecule has 5 rings (SSSR count). The van der Waals surface area contributed by atoms with Gasteiger partial charge in [-0.3, -0.25) is 25.2 Å². The lowest BCUT2D eigenvalue weighted by Crippen LogP contribution is -2.49. The number of hydrogen-bond acceptors (Lipinski definition) is 8. The van der Waals surface area contributed by atoms with E-state index < -0.39 is 43.7 Å². The normalized spacial score (nSPS) is 19.7. The first-order chi connectivity index (χ1) is 19.8. The van der Waals surface area contributed by atoms with Crippen molar-refractivity contribution < 1.29 is 18.9 Å². The van der Waals surface area contributed by atoms with Gasteiger partial charge in [-0.1, -0.05) is 72.8 Å². The van der Waals surface area contributed by atoms with Crippen molar-refractivity contribution >= 4 is 8.53 Å². The van der Waals surface area contributed by atoms with Gasteiger partial charge < -0.3 is 18.9 Å². The van der Waals surface area contributed by atoms with Gasteiger partial charge in [0.05, 0.1) is 24.9 Å². The molecule has 0 spiro atoms. The maximum Gasteiger partial charge on any atom is 0.330 e. The standard InChI is InChI=1S/C30H33N4O6P/c1-20-19-34(29(36)33-28(20)35)27-17-25(40-41(31)37)26(39-27)18-32-30(21-10-5-3-6-11-21,22-12-7-4-8-13-22)23-14-9-15-24(16-23)38-2/h3-16,19,25-27,32,37H,17-18,31H2,1-2H3,(H,33,35,36)/t25-,26+,27+,41?/m0/s1. The van der Waals surface area contributed by atoms with Crippen LogP contribution in [-0.4, -0.2) is 40.3 Å². The first-order valence-electron chi connectivity index (χ1n) is 13.2. The molecule has 1 fully saturated rings. The highest BCUT2D eigenvalue weighted by molar-refractivity contribution is 7.43. The van der Waals surface area contributed by atoms with Crippen LogP contribution in [0.5, 0.6) is 5.75 Å². The Hall–Kier alpha value is -3.63. The minimum absolute atomic E-state index is 0.247. The van der Waals surface area contributed by atoms with Gasteiger partial charge in [-0.2, -0.15) is 0 Å². The van der Waals surface area contributed by atoms with Crippen molar-refractivity contribution in [2.24, 2.45) is 5.50 Å². The molecule has 214 valence electrons. The molecule has 1 aromatic heterocycles. The number of aromatic nitrogens is 2. The maximum atomic E-state index is 12.6. The van der Waals surface area contributed by atoms with E-state index in [2.05, 4.69) is 34.6 Å². The predicted octanol–water partition coefficient (Wildman–Crippen LogP) is 3.29. The van der Waals surface area contributed by atoms with Crippen molar-refractivity contribution in [1.82, 2.24) is 14.9 Å². The second-order valence-corrected chi connectivity index (χ2v) is 10.7. The largest absolute Gasteiger partial charge is 0.497 e. The van der Waals surface area contributed by atoms with Gasteiger partial charge in [0.15, 0.2) is 0 Å². The number of nitrogens with one attached hydrogen (secondary N) is 2. The van der Waals surface area contributed by atoms with Crippen molar-refractivity contribution in [2.75, 3.05) is 13.7 Å². The van der Waals surface area contributed by atoms with Gasteiger partial charge in [0, 0.05) is 24.7 Å². The Bertz CT molecular complexity index is 1540. The van der Waals surface area contributed by atoms with Crippen molar-refractivity contribution in [3.8, 4) is 5.75 Å². The summed E-state index contributed by atoms with van der Waals surface area (Å²) in [6, 6.07) is 28.0. The molecule has 0 aliphatic carbocycles. The molecule has 4 atom stereocenters. The molecule has 1 aliphatic heterocycles. The first-order valence-corrected chi connectivity index (χ1v) is 14.5. The lowest BCUT2D eigenvalue weighted by molar-refractivity contribution is -0.0175. The summed E-state index contributed by atoms with van der Waals surface area (Å²) in [6.45, 7) is 1.88. The van der Waals surface area contributed by atoms with Crippen LogP contribution in [0.4, 0.5) is 0 Å². The van der Waals surface area contributed by atoms with Gasteiger partial charge in [-0.15, -0.1) is 0 Å². The maximum absolute atomic E-state index is 12.6. The van der Waals surface area contributed by atoms with Crippen LogP contribution in [0, 0.1) is 6.92 Å². The smallest absolute Gasteiger partial charge is 0.330 e. The van der Waals surface area contributed by atoms with Crippen LogP contribution >= 0.6 is 8.53 Å². The molecular formula is C30H33N4O6P. The Morgan fingerprint density at radius 1 is 1.05 bits per heavy atom. The predicted molar refractivity (Wildman–Crippen MR) is 157 cm³/mol. The minimum atomic E-state index is -2.19. The monoisotopic (exact) mass is 576 g/mol. The third-order valence-corrected chi connectivity index (χ3v) is 7.85. The average molecular weight is 577 g/mol. The molecule has 1 aliphatic rings. The molecule has 0 saturated carbocycles. The van der Waals surface area contributed by atoms with E-state index in [1.54, 1.807) is 14.0 Å². The molecule has 2 heterocycles. The van der Waals surface area contributed by atoms with Gasteiger partial charge >= 0.3 is 5.69 Å². The van der Waals surface area contributed by atoms with E-state index in [1.165, 1.54) is 10.8 Å². The topological polar surface area (TPSA) is 141 Å². The zero-order valence-corrected chi connectivity index (χ0v) is 23.7. The van der Waals surface area contributed by atoms with E-state index in [9.17, 15) is 14.5 Å². The number of nitrogens with zero attached hydrogens (tertiary/aromatic N) is 1. The van der Waals surface area contributed by atoms with Crippen LogP contribution in [0.15, 0.2) is 101 Å². The third-order valence-electron chi connectivity index (χ3n) is 7.36. The van der Waals surface area contributed by atoms with E-state index in [-0.39, 0.29) is 13.0 Å². The molecule has 0 amide bonds. The molecule has 3 aromatic carbocycles. The van der Waals surface area contributed by atoms with E-state index in [0.717, 1.165) is 16.7 Å². The molecule has 4 aromatic rings. The van der Waals surface area contributed by atoms with Gasteiger partial charge in [0.1, 0.15) is 12.0 Å². The van der Waals surface area contributed by atoms with Crippen LogP contribution in [0.2, 0.25) is 0 Å². The quantitative estimate of drug-likeness (QED) is 0.167. The Labute approximate surface area is 238 Å². The fourth-order valence-electron chi connectivity index (χ4n) is 5.40. The van der Waals surface area contributed by atoms with Gasteiger partial charge in [-0.25, -0.2) is 4.79 Å². The summed E-state index contributed by atoms with van der Waals surface area (Å²) < 4.78 is 19.0. The minimum Gasteiger partial charge on any atom is -0.497 e. The highest BCUT2D eigenvalue weighted by Crippen LogP contribution is 2.40. The zero-order chi connectivity index (χ0) is 29.0. The lowest BCUT2D eigenvalue weighted by Gasteiger charge is -2.38. The summed E-state index contributed by atoms with van der Waals surface area (Å²) in [6.07, 6.45) is -0.238. The summed E-state index contributed by atoms with van der Waals surface area (Å²) in [5.74, 6) is 0.709. The van der Waals surface area contributed by atoms with E-state index >= 15 is 0 Å². The Morgan fingerprint density at radius 2 is 1.68 bits per heavy atom. The summed E-state index contributed by atoms with van der Waals surface area (Å²) in [7, 11) is -0.558. The number of H-pyrrole nitrogens is 1. The molecule has 5 N–H and O–H groups in total. The SMILES string of the molecule is COc1cccc(C(NC[C@H]2O[C@@H](n3cc(C)c(=O)[nH]c3=O)C[C@@H]2OP(N)O)(c2ccccc2)c2ccccc2)c1. The Kier molecular flexibility index (Phi) is 8.79. The fraction of sp³-hybridized carbons (Fsp3) is 0.267. The van der Waals surface area contributed by atoms with Crippen LogP contribution in [-0.2, 0) is 14.8 Å². The van der Waals surface area contributed by atoms with Crippen molar-refractivity contribution in [3.05, 3.63) is 134 Å². The number of rotatable bonds is 10. The van der Waals surface area contributed by atoms with Crippen LogP contribution in [0.3, 0.4) is 0 Å². The van der Waals surface area contributed by atoms with E-state index in [4.69, 9.17) is 19.5 Å². The van der Waals surface area contributed by atoms with Crippen LogP contribution in [0.1, 0.15) is 34.9 Å². The van der Waals surface area contributed by atoms with Gasteiger partial charge in [-0.05, 0) is 35.7 Å². The fourth-order valence-corrected chi connectivity index (χ4v) is 5.90. The number of nitrogens with two attached hydrogens (primary N) is 1. The van der Waals surface area contributed by atoms with E-state index in [1.807, 2.05) is 60.7 Å². The summed E-state index contributed by atoms with van der Waals surface area (Å²) in [4.78, 5) is 36.9.